The second kappa shape index (κ2) is 7.08. The molecule has 0 saturated carbocycles. The molecule has 0 saturated heterocycles. The van der Waals surface area contributed by atoms with E-state index in [-0.39, 0.29) is 5.91 Å². The Bertz CT molecular complexity index is 387. The van der Waals surface area contributed by atoms with Gasteiger partial charge in [-0.3, -0.25) is 4.79 Å². The van der Waals surface area contributed by atoms with Gasteiger partial charge in [0.15, 0.2) is 0 Å². The first-order chi connectivity index (χ1) is 8.58. The number of carbonyl (C=O) groups is 1. The highest BCUT2D eigenvalue weighted by molar-refractivity contribution is 5.92. The summed E-state index contributed by atoms with van der Waals surface area (Å²) in [6.07, 6.45) is 0. The van der Waals surface area contributed by atoms with Crippen LogP contribution in [0.3, 0.4) is 0 Å². The van der Waals surface area contributed by atoms with Gasteiger partial charge in [-0.2, -0.15) is 0 Å². The molecule has 1 heterocycles. The van der Waals surface area contributed by atoms with Crippen LogP contribution in [0.5, 0.6) is 0 Å². The summed E-state index contributed by atoms with van der Waals surface area (Å²) in [5.74, 6) is -0.0932. The van der Waals surface area contributed by atoms with Gasteiger partial charge in [0.2, 0.25) is 0 Å². The maximum atomic E-state index is 12.3. The molecule has 1 aromatic rings. The number of nitrogens with zero attached hydrogens (tertiary/aromatic N) is 2. The number of pyridine rings is 1. The van der Waals surface area contributed by atoms with Crippen molar-refractivity contribution in [2.45, 2.75) is 13.8 Å². The van der Waals surface area contributed by atoms with Crippen LogP contribution >= 0.6 is 0 Å². The van der Waals surface area contributed by atoms with Crippen molar-refractivity contribution >= 4 is 5.91 Å². The molecule has 0 aliphatic carbocycles. The molecule has 0 aliphatic rings. The number of ether oxygens (including phenoxy) is 1. The van der Waals surface area contributed by atoms with Crippen molar-refractivity contribution in [1.82, 2.24) is 9.88 Å². The summed E-state index contributed by atoms with van der Waals surface area (Å²) < 4.78 is 5.00. The second-order valence-electron chi connectivity index (χ2n) is 4.24. The van der Waals surface area contributed by atoms with Gasteiger partial charge < -0.3 is 15.4 Å². The normalized spacial score (nSPS) is 10.4. The fourth-order valence-electron chi connectivity index (χ4n) is 1.79. The van der Waals surface area contributed by atoms with Crippen LogP contribution in [-0.2, 0) is 4.74 Å². The lowest BCUT2D eigenvalue weighted by Crippen LogP contribution is -2.38. The van der Waals surface area contributed by atoms with E-state index in [0.717, 1.165) is 11.3 Å². The molecule has 1 amide bonds. The Balaban J connectivity index is 2.86. The van der Waals surface area contributed by atoms with Crippen molar-refractivity contribution in [2.24, 2.45) is 5.73 Å². The highest BCUT2D eigenvalue weighted by atomic mass is 16.5. The van der Waals surface area contributed by atoms with E-state index in [1.54, 1.807) is 18.1 Å². The van der Waals surface area contributed by atoms with E-state index in [1.807, 2.05) is 19.9 Å². The SMILES string of the molecule is COCCN(CCN)C(=O)c1cc(C)cc(C)n1. The van der Waals surface area contributed by atoms with Crippen LogP contribution in [0.1, 0.15) is 21.7 Å². The molecule has 18 heavy (non-hydrogen) atoms. The zero-order chi connectivity index (χ0) is 13.5. The molecule has 2 N–H and O–H groups in total. The van der Waals surface area contributed by atoms with Crippen molar-refractivity contribution in [3.63, 3.8) is 0 Å². The highest BCUT2D eigenvalue weighted by Gasteiger charge is 2.16. The van der Waals surface area contributed by atoms with Crippen molar-refractivity contribution < 1.29 is 9.53 Å². The van der Waals surface area contributed by atoms with Crippen molar-refractivity contribution in [2.75, 3.05) is 33.4 Å². The fourth-order valence-corrected chi connectivity index (χ4v) is 1.79. The Morgan fingerprint density at radius 2 is 2.11 bits per heavy atom. The van der Waals surface area contributed by atoms with Crippen LogP contribution in [0.2, 0.25) is 0 Å². The molecule has 0 atom stereocenters. The van der Waals surface area contributed by atoms with E-state index >= 15 is 0 Å². The molecule has 0 unspecified atom stereocenters. The molecule has 1 aromatic heterocycles. The Kier molecular flexibility index (Phi) is 5.74. The van der Waals surface area contributed by atoms with Crippen LogP contribution in [0.4, 0.5) is 0 Å². The van der Waals surface area contributed by atoms with E-state index < -0.39 is 0 Å². The predicted octanol–water partition coefficient (Wildman–Crippen LogP) is 0.746. The zero-order valence-corrected chi connectivity index (χ0v) is 11.3. The number of aromatic nitrogens is 1. The summed E-state index contributed by atoms with van der Waals surface area (Å²) in [6, 6.07) is 3.74. The first-order valence-corrected chi connectivity index (χ1v) is 6.02. The Hall–Kier alpha value is -1.46. The summed E-state index contributed by atoms with van der Waals surface area (Å²) in [5, 5.41) is 0. The third-order valence-corrected chi connectivity index (χ3v) is 2.57. The number of carbonyl (C=O) groups excluding carboxylic acids is 1. The van der Waals surface area contributed by atoms with E-state index in [1.165, 1.54) is 0 Å². The number of methoxy groups -OCH3 is 1. The number of aryl methyl sites for hydroxylation is 2. The molecule has 0 spiro atoms. The van der Waals surface area contributed by atoms with Crippen LogP contribution < -0.4 is 5.73 Å². The Morgan fingerprint density at radius 3 is 2.67 bits per heavy atom. The summed E-state index contributed by atoms with van der Waals surface area (Å²) >= 11 is 0. The van der Waals surface area contributed by atoms with Gasteiger partial charge in [-0.25, -0.2) is 4.98 Å². The topological polar surface area (TPSA) is 68.5 Å². The minimum Gasteiger partial charge on any atom is -0.383 e. The molecule has 0 aliphatic heterocycles. The van der Waals surface area contributed by atoms with Crippen molar-refractivity contribution in [3.05, 3.63) is 29.1 Å². The summed E-state index contributed by atoms with van der Waals surface area (Å²) in [6.45, 7) is 5.80. The number of hydrogen-bond acceptors (Lipinski definition) is 4. The van der Waals surface area contributed by atoms with Crippen LogP contribution in [-0.4, -0.2) is 49.1 Å². The number of rotatable bonds is 6. The lowest BCUT2D eigenvalue weighted by molar-refractivity contribution is 0.0695. The average molecular weight is 251 g/mol. The lowest BCUT2D eigenvalue weighted by atomic mass is 10.2. The fraction of sp³-hybridized carbons (Fsp3) is 0.538. The first kappa shape index (κ1) is 14.6. The van der Waals surface area contributed by atoms with Gasteiger partial charge in [0.1, 0.15) is 5.69 Å². The van der Waals surface area contributed by atoms with Crippen LogP contribution in [0.25, 0.3) is 0 Å². The van der Waals surface area contributed by atoms with Gasteiger partial charge in [0, 0.05) is 32.4 Å². The van der Waals surface area contributed by atoms with E-state index in [2.05, 4.69) is 4.98 Å². The summed E-state index contributed by atoms with van der Waals surface area (Å²) in [5.41, 5.74) is 7.87. The van der Waals surface area contributed by atoms with Gasteiger partial charge >= 0.3 is 0 Å². The standard InChI is InChI=1S/C13H21N3O2/c1-10-8-11(2)15-12(9-10)13(17)16(5-4-14)6-7-18-3/h8-9H,4-7,14H2,1-3H3. The summed E-state index contributed by atoms with van der Waals surface area (Å²) in [4.78, 5) is 18.2. The average Bonchev–Trinajstić information content (AvgIpc) is 2.32. The van der Waals surface area contributed by atoms with E-state index in [9.17, 15) is 4.79 Å². The van der Waals surface area contributed by atoms with Gasteiger partial charge in [-0.1, -0.05) is 0 Å². The molecule has 0 radical (unpaired) electrons. The largest absolute Gasteiger partial charge is 0.383 e. The second-order valence-corrected chi connectivity index (χ2v) is 4.24. The predicted molar refractivity (Wildman–Crippen MR) is 70.5 cm³/mol. The number of amides is 1. The Labute approximate surface area is 108 Å². The maximum absolute atomic E-state index is 12.3. The van der Waals surface area contributed by atoms with Crippen LogP contribution in [0, 0.1) is 13.8 Å². The van der Waals surface area contributed by atoms with E-state index in [4.69, 9.17) is 10.5 Å². The molecule has 0 aromatic carbocycles. The minimum absolute atomic E-state index is 0.0932. The first-order valence-electron chi connectivity index (χ1n) is 6.02. The molecule has 5 nitrogen and oxygen atoms in total. The highest BCUT2D eigenvalue weighted by Crippen LogP contribution is 2.07. The maximum Gasteiger partial charge on any atom is 0.272 e. The minimum atomic E-state index is -0.0932. The zero-order valence-electron chi connectivity index (χ0n) is 11.3. The Morgan fingerprint density at radius 1 is 1.39 bits per heavy atom. The smallest absolute Gasteiger partial charge is 0.272 e. The molecule has 5 heteroatoms. The number of nitrogens with two attached hydrogens (primary N) is 1. The monoisotopic (exact) mass is 251 g/mol. The molecule has 0 fully saturated rings. The van der Waals surface area contributed by atoms with Gasteiger partial charge in [-0.15, -0.1) is 0 Å². The van der Waals surface area contributed by atoms with Crippen molar-refractivity contribution in [3.8, 4) is 0 Å². The summed E-state index contributed by atoms with van der Waals surface area (Å²) in [7, 11) is 1.61. The van der Waals surface area contributed by atoms with E-state index in [0.29, 0.717) is 31.9 Å². The quantitative estimate of drug-likeness (QED) is 0.810. The third-order valence-electron chi connectivity index (χ3n) is 2.57. The van der Waals surface area contributed by atoms with Crippen LogP contribution in [0.15, 0.2) is 12.1 Å². The lowest BCUT2D eigenvalue weighted by Gasteiger charge is -2.21. The molecule has 1 rings (SSSR count). The van der Waals surface area contributed by atoms with Gasteiger partial charge in [-0.05, 0) is 31.5 Å². The van der Waals surface area contributed by atoms with Crippen molar-refractivity contribution in [1.29, 1.82) is 0 Å². The van der Waals surface area contributed by atoms with Gasteiger partial charge in [0.05, 0.1) is 6.61 Å². The molecular formula is C13H21N3O2. The van der Waals surface area contributed by atoms with Gasteiger partial charge in [0.25, 0.3) is 5.91 Å². The molecule has 100 valence electrons. The molecular weight excluding hydrogens is 230 g/mol. The molecule has 0 bridgehead atoms. The third kappa shape index (κ3) is 4.09. The number of hydrogen-bond donors (Lipinski definition) is 1.